The highest BCUT2D eigenvalue weighted by Gasteiger charge is 2.14. The van der Waals surface area contributed by atoms with Gasteiger partial charge in [-0.15, -0.1) is 0 Å². The fourth-order valence-corrected chi connectivity index (χ4v) is 2.46. The Balaban J connectivity index is 2.29. The van der Waals surface area contributed by atoms with Crippen LogP contribution >= 0.6 is 0 Å². The normalized spacial score (nSPS) is 12.0. The molecule has 4 heteroatoms. The molecule has 1 aromatic carbocycles. The lowest BCUT2D eigenvalue weighted by molar-refractivity contribution is 0.409. The van der Waals surface area contributed by atoms with E-state index in [1.54, 1.807) is 13.2 Å². The Hall–Kier alpha value is -2.10. The topological polar surface area (TPSA) is 34.1 Å². The zero-order valence-corrected chi connectivity index (χ0v) is 12.9. The first kappa shape index (κ1) is 15.3. The molecule has 1 atom stereocenters. The van der Waals surface area contributed by atoms with E-state index in [-0.39, 0.29) is 11.9 Å². The van der Waals surface area contributed by atoms with Crippen molar-refractivity contribution in [3.05, 3.63) is 53.1 Å². The molecular weight excluding hydrogens is 267 g/mol. The molecule has 1 aromatic heterocycles. The van der Waals surface area contributed by atoms with Crippen molar-refractivity contribution in [2.45, 2.75) is 33.2 Å². The van der Waals surface area contributed by atoms with Crippen molar-refractivity contribution < 1.29 is 9.13 Å². The van der Waals surface area contributed by atoms with Crippen LogP contribution in [0.15, 0.2) is 30.5 Å². The van der Waals surface area contributed by atoms with E-state index < -0.39 is 0 Å². The molecule has 112 valence electrons. The third kappa shape index (κ3) is 3.32. The summed E-state index contributed by atoms with van der Waals surface area (Å²) in [5, 5.41) is 3.47. The summed E-state index contributed by atoms with van der Waals surface area (Å²) in [6.45, 7) is 6.12. The summed E-state index contributed by atoms with van der Waals surface area (Å²) in [6.07, 6.45) is 2.11. The minimum absolute atomic E-state index is 0.0386. The van der Waals surface area contributed by atoms with Crippen LogP contribution in [0, 0.1) is 19.7 Å². The third-order valence-corrected chi connectivity index (χ3v) is 3.65. The average molecular weight is 288 g/mol. The van der Waals surface area contributed by atoms with Crippen molar-refractivity contribution in [2.75, 3.05) is 12.4 Å². The van der Waals surface area contributed by atoms with Gasteiger partial charge in [0.05, 0.1) is 25.0 Å². The van der Waals surface area contributed by atoms with Crippen LogP contribution < -0.4 is 10.1 Å². The molecule has 2 rings (SSSR count). The molecule has 0 aliphatic heterocycles. The second kappa shape index (κ2) is 6.57. The minimum atomic E-state index is -0.318. The van der Waals surface area contributed by atoms with Crippen LogP contribution in [-0.2, 0) is 0 Å². The fraction of sp³-hybridized carbons (Fsp3) is 0.353. The molecule has 1 heterocycles. The SMILES string of the molecule is CCC(Nc1ccc(C)c(OC)c1C)c1ccc(F)cn1. The maximum Gasteiger partial charge on any atom is 0.141 e. The third-order valence-electron chi connectivity index (χ3n) is 3.65. The van der Waals surface area contributed by atoms with Crippen molar-refractivity contribution in [1.82, 2.24) is 4.98 Å². The van der Waals surface area contributed by atoms with E-state index in [9.17, 15) is 4.39 Å². The zero-order valence-electron chi connectivity index (χ0n) is 12.9. The number of anilines is 1. The summed E-state index contributed by atoms with van der Waals surface area (Å²) in [5.74, 6) is 0.573. The van der Waals surface area contributed by atoms with Crippen molar-refractivity contribution in [3.8, 4) is 5.75 Å². The molecule has 1 N–H and O–H groups in total. The predicted molar refractivity (Wildman–Crippen MR) is 83.3 cm³/mol. The van der Waals surface area contributed by atoms with Gasteiger partial charge in [-0.05, 0) is 44.0 Å². The molecule has 0 amide bonds. The highest BCUT2D eigenvalue weighted by molar-refractivity contribution is 5.60. The van der Waals surface area contributed by atoms with E-state index in [1.165, 1.54) is 12.3 Å². The van der Waals surface area contributed by atoms with Gasteiger partial charge >= 0.3 is 0 Å². The van der Waals surface area contributed by atoms with Crippen LogP contribution in [0.1, 0.15) is 36.2 Å². The Morgan fingerprint density at radius 1 is 1.24 bits per heavy atom. The van der Waals surface area contributed by atoms with E-state index in [4.69, 9.17) is 4.74 Å². The second-order valence-corrected chi connectivity index (χ2v) is 5.09. The van der Waals surface area contributed by atoms with Gasteiger partial charge in [0.1, 0.15) is 11.6 Å². The number of nitrogens with zero attached hydrogens (tertiary/aromatic N) is 1. The first-order valence-electron chi connectivity index (χ1n) is 7.09. The van der Waals surface area contributed by atoms with Gasteiger partial charge in [0.15, 0.2) is 0 Å². The van der Waals surface area contributed by atoms with Gasteiger partial charge in [0.2, 0.25) is 0 Å². The number of methoxy groups -OCH3 is 1. The molecule has 0 bridgehead atoms. The lowest BCUT2D eigenvalue weighted by Gasteiger charge is -2.21. The molecule has 2 aromatic rings. The Labute approximate surface area is 125 Å². The van der Waals surface area contributed by atoms with Gasteiger partial charge in [-0.3, -0.25) is 4.98 Å². The van der Waals surface area contributed by atoms with Crippen LogP contribution in [0.3, 0.4) is 0 Å². The molecule has 0 aliphatic carbocycles. The van der Waals surface area contributed by atoms with E-state index >= 15 is 0 Å². The monoisotopic (exact) mass is 288 g/mol. The summed E-state index contributed by atoms with van der Waals surface area (Å²) in [4.78, 5) is 4.17. The first-order chi connectivity index (χ1) is 10.1. The largest absolute Gasteiger partial charge is 0.496 e. The summed E-state index contributed by atoms with van der Waals surface area (Å²) < 4.78 is 18.4. The molecule has 0 saturated heterocycles. The number of pyridine rings is 1. The van der Waals surface area contributed by atoms with Gasteiger partial charge in [-0.25, -0.2) is 4.39 Å². The van der Waals surface area contributed by atoms with Crippen LogP contribution in [0.25, 0.3) is 0 Å². The number of hydrogen-bond acceptors (Lipinski definition) is 3. The molecular formula is C17H21FN2O. The summed E-state index contributed by atoms with van der Waals surface area (Å²) >= 11 is 0. The minimum Gasteiger partial charge on any atom is -0.496 e. The highest BCUT2D eigenvalue weighted by atomic mass is 19.1. The average Bonchev–Trinajstić information content (AvgIpc) is 2.48. The predicted octanol–water partition coefficient (Wildman–Crippen LogP) is 4.41. The number of benzene rings is 1. The van der Waals surface area contributed by atoms with Crippen molar-refractivity contribution in [1.29, 1.82) is 0 Å². The van der Waals surface area contributed by atoms with Crippen molar-refractivity contribution >= 4 is 5.69 Å². The molecule has 0 radical (unpaired) electrons. The quantitative estimate of drug-likeness (QED) is 0.885. The van der Waals surface area contributed by atoms with Crippen LogP contribution in [0.4, 0.5) is 10.1 Å². The van der Waals surface area contributed by atoms with Crippen LogP contribution in [0.5, 0.6) is 5.75 Å². The molecule has 0 saturated carbocycles. The van der Waals surface area contributed by atoms with Gasteiger partial charge in [0.25, 0.3) is 0 Å². The summed E-state index contributed by atoms with van der Waals surface area (Å²) in [7, 11) is 1.68. The van der Waals surface area contributed by atoms with Gasteiger partial charge in [0, 0.05) is 11.3 Å². The van der Waals surface area contributed by atoms with E-state index in [1.807, 2.05) is 26.0 Å². The van der Waals surface area contributed by atoms with Crippen molar-refractivity contribution in [3.63, 3.8) is 0 Å². The van der Waals surface area contributed by atoms with Crippen molar-refractivity contribution in [2.24, 2.45) is 0 Å². The number of halogens is 1. The van der Waals surface area contributed by atoms with Crippen LogP contribution in [-0.4, -0.2) is 12.1 Å². The molecule has 0 fully saturated rings. The zero-order chi connectivity index (χ0) is 15.4. The highest BCUT2D eigenvalue weighted by Crippen LogP contribution is 2.31. The fourth-order valence-electron chi connectivity index (χ4n) is 2.46. The maximum atomic E-state index is 13.0. The number of nitrogens with one attached hydrogen (secondary N) is 1. The number of rotatable bonds is 5. The number of hydrogen-bond donors (Lipinski definition) is 1. The van der Waals surface area contributed by atoms with Gasteiger partial charge < -0.3 is 10.1 Å². The van der Waals surface area contributed by atoms with E-state index in [0.717, 1.165) is 34.7 Å². The Morgan fingerprint density at radius 2 is 2.00 bits per heavy atom. The standard InChI is InChI=1S/C17H21FN2O/c1-5-14(16-9-7-13(18)10-19-16)20-15-8-6-11(2)17(21-4)12(15)3/h6-10,14,20H,5H2,1-4H3. The molecule has 0 spiro atoms. The molecule has 21 heavy (non-hydrogen) atoms. The molecule has 1 unspecified atom stereocenters. The first-order valence-corrected chi connectivity index (χ1v) is 7.09. The Morgan fingerprint density at radius 3 is 2.57 bits per heavy atom. The van der Waals surface area contributed by atoms with Gasteiger partial charge in [-0.2, -0.15) is 0 Å². The summed E-state index contributed by atoms with van der Waals surface area (Å²) in [6, 6.07) is 7.27. The number of aromatic nitrogens is 1. The summed E-state index contributed by atoms with van der Waals surface area (Å²) in [5.41, 5.74) is 4.01. The molecule has 3 nitrogen and oxygen atoms in total. The lowest BCUT2D eigenvalue weighted by Crippen LogP contribution is -2.12. The number of aryl methyl sites for hydroxylation is 1. The lowest BCUT2D eigenvalue weighted by atomic mass is 10.1. The molecule has 0 aliphatic rings. The Kier molecular flexibility index (Phi) is 4.78. The van der Waals surface area contributed by atoms with Crippen LogP contribution in [0.2, 0.25) is 0 Å². The smallest absolute Gasteiger partial charge is 0.141 e. The van der Waals surface area contributed by atoms with E-state index in [2.05, 4.69) is 17.2 Å². The van der Waals surface area contributed by atoms with E-state index in [0.29, 0.717) is 0 Å². The number of ether oxygens (including phenoxy) is 1. The Bertz CT molecular complexity index is 611. The second-order valence-electron chi connectivity index (χ2n) is 5.09. The van der Waals surface area contributed by atoms with Gasteiger partial charge in [-0.1, -0.05) is 13.0 Å². The maximum absolute atomic E-state index is 13.0.